The topological polar surface area (TPSA) is 77.3 Å². The van der Waals surface area contributed by atoms with Crippen molar-refractivity contribution in [2.75, 3.05) is 13.2 Å². The Morgan fingerprint density at radius 1 is 1.56 bits per heavy atom. The molecular formula is C11H16N4O3. The van der Waals surface area contributed by atoms with Crippen LogP contribution in [0.5, 0.6) is 0 Å². The molecule has 1 unspecified atom stereocenters. The third-order valence-electron chi connectivity index (χ3n) is 2.89. The van der Waals surface area contributed by atoms with Crippen LogP contribution in [0.4, 0.5) is 0 Å². The number of amides is 1. The van der Waals surface area contributed by atoms with Gasteiger partial charge >= 0.3 is 5.97 Å². The van der Waals surface area contributed by atoms with Gasteiger partial charge in [0, 0.05) is 13.6 Å². The molecule has 0 saturated carbocycles. The summed E-state index contributed by atoms with van der Waals surface area (Å²) in [5.74, 6) is -0.606. The van der Waals surface area contributed by atoms with Crippen molar-refractivity contribution in [2.45, 2.75) is 25.8 Å². The zero-order chi connectivity index (χ0) is 13.1. The van der Waals surface area contributed by atoms with Crippen LogP contribution in [0.2, 0.25) is 0 Å². The number of ether oxygens (including phenoxy) is 1. The molecule has 0 radical (unpaired) electrons. The molecule has 0 aromatic carbocycles. The average Bonchev–Trinajstić information content (AvgIpc) is 2.96. The molecule has 1 aliphatic heterocycles. The number of likely N-dealkylation sites (tertiary alicyclic amines) is 1. The Balaban J connectivity index is 2.11. The Morgan fingerprint density at radius 2 is 2.33 bits per heavy atom. The summed E-state index contributed by atoms with van der Waals surface area (Å²) < 4.78 is 4.97. The van der Waals surface area contributed by atoms with Gasteiger partial charge in [0.05, 0.1) is 12.8 Å². The number of hydrogen-bond donors (Lipinski definition) is 0. The second-order valence-electron chi connectivity index (χ2n) is 4.13. The molecule has 1 amide bonds. The van der Waals surface area contributed by atoms with Gasteiger partial charge in [-0.05, 0) is 19.8 Å². The highest BCUT2D eigenvalue weighted by molar-refractivity contribution is 5.95. The Kier molecular flexibility index (Phi) is 3.59. The molecular weight excluding hydrogens is 236 g/mol. The lowest BCUT2D eigenvalue weighted by Gasteiger charge is -2.21. The molecule has 2 heterocycles. The lowest BCUT2D eigenvalue weighted by Crippen LogP contribution is -2.41. The first-order valence-electron chi connectivity index (χ1n) is 5.97. The smallest absolute Gasteiger partial charge is 0.328 e. The van der Waals surface area contributed by atoms with E-state index in [1.54, 1.807) is 14.0 Å². The van der Waals surface area contributed by atoms with Gasteiger partial charge in [0.1, 0.15) is 6.04 Å². The van der Waals surface area contributed by atoms with Crippen molar-refractivity contribution in [3.63, 3.8) is 0 Å². The molecule has 18 heavy (non-hydrogen) atoms. The normalized spacial score (nSPS) is 19.0. The molecule has 1 aliphatic rings. The molecule has 98 valence electrons. The van der Waals surface area contributed by atoms with Crippen molar-refractivity contribution in [1.82, 2.24) is 19.9 Å². The maximum absolute atomic E-state index is 12.2. The number of esters is 1. The molecule has 7 heteroatoms. The molecule has 1 fully saturated rings. The van der Waals surface area contributed by atoms with Crippen LogP contribution in [0.1, 0.15) is 30.3 Å². The van der Waals surface area contributed by atoms with E-state index in [0.29, 0.717) is 19.6 Å². The van der Waals surface area contributed by atoms with E-state index in [-0.39, 0.29) is 17.6 Å². The highest BCUT2D eigenvalue weighted by Gasteiger charge is 2.36. The number of carbonyl (C=O) groups is 2. The molecule has 1 aromatic rings. The summed E-state index contributed by atoms with van der Waals surface area (Å²) in [5, 5.41) is 7.81. The molecule has 0 aliphatic carbocycles. The van der Waals surface area contributed by atoms with Crippen LogP contribution >= 0.6 is 0 Å². The zero-order valence-corrected chi connectivity index (χ0v) is 10.5. The van der Waals surface area contributed by atoms with Crippen molar-refractivity contribution in [2.24, 2.45) is 7.05 Å². The fourth-order valence-electron chi connectivity index (χ4n) is 2.08. The summed E-state index contributed by atoms with van der Waals surface area (Å²) in [6.07, 6.45) is 2.85. The molecule has 0 spiro atoms. The lowest BCUT2D eigenvalue weighted by atomic mass is 10.2. The fourth-order valence-corrected chi connectivity index (χ4v) is 2.08. The van der Waals surface area contributed by atoms with Gasteiger partial charge in [-0.1, -0.05) is 0 Å². The molecule has 2 rings (SSSR count). The SMILES string of the molecule is CCOC(=O)C1CCCN1C(=O)c1cnn(C)n1. The standard InChI is InChI=1S/C11H16N4O3/c1-3-18-11(17)9-5-4-6-15(9)10(16)8-7-12-14(2)13-8/h7,9H,3-6H2,1-2H3. The molecule has 1 saturated heterocycles. The van der Waals surface area contributed by atoms with E-state index in [0.717, 1.165) is 6.42 Å². The number of hydrogen-bond acceptors (Lipinski definition) is 5. The monoisotopic (exact) mass is 252 g/mol. The van der Waals surface area contributed by atoms with Crippen LogP contribution in [0.25, 0.3) is 0 Å². The first kappa shape index (κ1) is 12.5. The molecule has 1 atom stereocenters. The Hall–Kier alpha value is -1.92. The van der Waals surface area contributed by atoms with Crippen LogP contribution in [0, 0.1) is 0 Å². The number of aryl methyl sites for hydroxylation is 1. The maximum Gasteiger partial charge on any atom is 0.328 e. The second kappa shape index (κ2) is 5.16. The number of carbonyl (C=O) groups excluding carboxylic acids is 2. The first-order valence-corrected chi connectivity index (χ1v) is 5.97. The van der Waals surface area contributed by atoms with Gasteiger partial charge < -0.3 is 9.64 Å². The predicted molar refractivity (Wildman–Crippen MR) is 61.7 cm³/mol. The van der Waals surface area contributed by atoms with Gasteiger partial charge in [0.15, 0.2) is 5.69 Å². The van der Waals surface area contributed by atoms with Crippen molar-refractivity contribution >= 4 is 11.9 Å². The minimum atomic E-state index is -0.487. The number of nitrogens with zero attached hydrogens (tertiary/aromatic N) is 4. The van der Waals surface area contributed by atoms with Crippen molar-refractivity contribution in [1.29, 1.82) is 0 Å². The van der Waals surface area contributed by atoms with E-state index < -0.39 is 6.04 Å². The van der Waals surface area contributed by atoms with Crippen LogP contribution in [-0.4, -0.2) is 51.0 Å². The van der Waals surface area contributed by atoms with Crippen molar-refractivity contribution in [3.8, 4) is 0 Å². The van der Waals surface area contributed by atoms with Gasteiger partial charge in [-0.25, -0.2) is 4.79 Å². The highest BCUT2D eigenvalue weighted by atomic mass is 16.5. The number of aromatic nitrogens is 3. The van der Waals surface area contributed by atoms with E-state index in [1.807, 2.05) is 0 Å². The van der Waals surface area contributed by atoms with Crippen molar-refractivity contribution < 1.29 is 14.3 Å². The quantitative estimate of drug-likeness (QED) is 0.707. The van der Waals surface area contributed by atoms with Crippen LogP contribution in [0.3, 0.4) is 0 Å². The summed E-state index contributed by atoms with van der Waals surface area (Å²) in [5.41, 5.74) is 0.258. The second-order valence-corrected chi connectivity index (χ2v) is 4.13. The zero-order valence-electron chi connectivity index (χ0n) is 10.5. The summed E-state index contributed by atoms with van der Waals surface area (Å²) in [6.45, 7) is 2.63. The van der Waals surface area contributed by atoms with Gasteiger partial charge in [0.2, 0.25) is 0 Å². The van der Waals surface area contributed by atoms with Gasteiger partial charge in [-0.3, -0.25) is 4.79 Å². The van der Waals surface area contributed by atoms with Crippen molar-refractivity contribution in [3.05, 3.63) is 11.9 Å². The Morgan fingerprint density at radius 3 is 2.94 bits per heavy atom. The minimum Gasteiger partial charge on any atom is -0.464 e. The van der Waals surface area contributed by atoms with E-state index in [2.05, 4.69) is 10.2 Å². The van der Waals surface area contributed by atoms with E-state index in [4.69, 9.17) is 4.74 Å². The maximum atomic E-state index is 12.2. The van der Waals surface area contributed by atoms with E-state index >= 15 is 0 Å². The molecule has 0 N–H and O–H groups in total. The average molecular weight is 252 g/mol. The van der Waals surface area contributed by atoms with E-state index in [9.17, 15) is 9.59 Å². The molecule has 1 aromatic heterocycles. The summed E-state index contributed by atoms with van der Waals surface area (Å²) >= 11 is 0. The summed E-state index contributed by atoms with van der Waals surface area (Å²) in [4.78, 5) is 26.8. The lowest BCUT2D eigenvalue weighted by molar-refractivity contribution is -0.147. The van der Waals surface area contributed by atoms with Gasteiger partial charge in [0.25, 0.3) is 5.91 Å². The van der Waals surface area contributed by atoms with Crippen LogP contribution in [0.15, 0.2) is 6.20 Å². The third-order valence-corrected chi connectivity index (χ3v) is 2.89. The van der Waals surface area contributed by atoms with Crippen LogP contribution in [-0.2, 0) is 16.6 Å². The predicted octanol–water partition coefficient (Wildman–Crippen LogP) is -0.0172. The van der Waals surface area contributed by atoms with Gasteiger partial charge in [-0.2, -0.15) is 9.90 Å². The first-order chi connectivity index (χ1) is 8.63. The summed E-state index contributed by atoms with van der Waals surface area (Å²) in [6, 6.07) is -0.487. The Bertz CT molecular complexity index is 457. The molecule has 7 nitrogen and oxygen atoms in total. The van der Waals surface area contributed by atoms with Crippen LogP contribution < -0.4 is 0 Å². The fraction of sp³-hybridized carbons (Fsp3) is 0.636. The minimum absolute atomic E-state index is 0.258. The largest absolute Gasteiger partial charge is 0.464 e. The Labute approximate surface area is 105 Å². The van der Waals surface area contributed by atoms with E-state index in [1.165, 1.54) is 15.9 Å². The number of rotatable bonds is 3. The highest BCUT2D eigenvalue weighted by Crippen LogP contribution is 2.20. The summed E-state index contributed by atoms with van der Waals surface area (Å²) in [7, 11) is 1.64. The van der Waals surface area contributed by atoms with Gasteiger partial charge in [-0.15, -0.1) is 5.10 Å². The molecule has 0 bridgehead atoms. The third kappa shape index (κ3) is 2.34.